The average molecular weight is 250 g/mol. The molecular formula is C15H26N2O. The highest BCUT2D eigenvalue weighted by Gasteiger charge is 2.22. The van der Waals surface area contributed by atoms with Crippen LogP contribution in [-0.4, -0.2) is 31.1 Å². The van der Waals surface area contributed by atoms with Crippen molar-refractivity contribution in [2.45, 2.75) is 33.2 Å². The van der Waals surface area contributed by atoms with Crippen molar-refractivity contribution in [3.05, 3.63) is 24.2 Å². The summed E-state index contributed by atoms with van der Waals surface area (Å²) in [6, 6.07) is 4.28. The standard InChI is InChI=1S/C15H26N2O/c1-12-6-8-17(11-13(12)2)9-7-16-14(3)15-5-4-10-18-15/h4-5,10,12-14,16H,6-9,11H2,1-3H3. The number of hydrogen-bond donors (Lipinski definition) is 1. The lowest BCUT2D eigenvalue weighted by atomic mass is 9.89. The van der Waals surface area contributed by atoms with Gasteiger partial charge in [-0.05, 0) is 43.9 Å². The van der Waals surface area contributed by atoms with E-state index in [1.165, 1.54) is 19.5 Å². The first-order valence-electron chi connectivity index (χ1n) is 7.16. The van der Waals surface area contributed by atoms with Crippen LogP contribution in [0.2, 0.25) is 0 Å². The van der Waals surface area contributed by atoms with Crippen LogP contribution >= 0.6 is 0 Å². The van der Waals surface area contributed by atoms with Crippen molar-refractivity contribution >= 4 is 0 Å². The quantitative estimate of drug-likeness (QED) is 0.871. The molecule has 1 fully saturated rings. The van der Waals surface area contributed by atoms with Gasteiger partial charge in [0, 0.05) is 19.6 Å². The van der Waals surface area contributed by atoms with Crippen LogP contribution in [0.15, 0.2) is 22.8 Å². The van der Waals surface area contributed by atoms with Crippen molar-refractivity contribution < 1.29 is 4.42 Å². The second kappa shape index (κ2) is 6.39. The zero-order valence-electron chi connectivity index (χ0n) is 11.9. The molecule has 1 aliphatic heterocycles. The Morgan fingerprint density at radius 3 is 2.94 bits per heavy atom. The summed E-state index contributed by atoms with van der Waals surface area (Å²) in [5.41, 5.74) is 0. The Morgan fingerprint density at radius 1 is 1.44 bits per heavy atom. The fourth-order valence-corrected chi connectivity index (χ4v) is 2.63. The molecular weight excluding hydrogens is 224 g/mol. The molecule has 2 rings (SSSR count). The first kappa shape index (κ1) is 13.6. The van der Waals surface area contributed by atoms with Crippen molar-refractivity contribution in [1.82, 2.24) is 10.2 Å². The SMILES string of the molecule is CC(NCCN1CCC(C)C(C)C1)c1ccco1. The van der Waals surface area contributed by atoms with Crippen LogP contribution < -0.4 is 5.32 Å². The van der Waals surface area contributed by atoms with Gasteiger partial charge in [0.25, 0.3) is 0 Å². The monoisotopic (exact) mass is 250 g/mol. The number of likely N-dealkylation sites (tertiary alicyclic amines) is 1. The molecule has 0 aliphatic carbocycles. The van der Waals surface area contributed by atoms with Gasteiger partial charge in [-0.15, -0.1) is 0 Å². The summed E-state index contributed by atoms with van der Waals surface area (Å²) in [5, 5.41) is 3.52. The van der Waals surface area contributed by atoms with Gasteiger partial charge in [0.05, 0.1) is 12.3 Å². The molecule has 0 saturated carbocycles. The van der Waals surface area contributed by atoms with Gasteiger partial charge in [-0.1, -0.05) is 13.8 Å². The third kappa shape index (κ3) is 3.59. The molecule has 0 radical (unpaired) electrons. The lowest BCUT2D eigenvalue weighted by Crippen LogP contribution is -2.41. The second-order valence-corrected chi connectivity index (χ2v) is 5.74. The number of nitrogens with zero attached hydrogens (tertiary/aromatic N) is 1. The molecule has 3 unspecified atom stereocenters. The molecule has 102 valence electrons. The maximum Gasteiger partial charge on any atom is 0.120 e. The lowest BCUT2D eigenvalue weighted by molar-refractivity contribution is 0.138. The van der Waals surface area contributed by atoms with Gasteiger partial charge < -0.3 is 14.6 Å². The van der Waals surface area contributed by atoms with Crippen LogP contribution in [-0.2, 0) is 0 Å². The molecule has 3 nitrogen and oxygen atoms in total. The first-order chi connectivity index (χ1) is 8.66. The van der Waals surface area contributed by atoms with Crippen LogP contribution in [0.25, 0.3) is 0 Å². The number of piperidine rings is 1. The molecule has 0 bridgehead atoms. The van der Waals surface area contributed by atoms with Gasteiger partial charge in [-0.3, -0.25) is 0 Å². The second-order valence-electron chi connectivity index (χ2n) is 5.74. The van der Waals surface area contributed by atoms with Crippen molar-refractivity contribution in [2.75, 3.05) is 26.2 Å². The van der Waals surface area contributed by atoms with Crippen LogP contribution in [0, 0.1) is 11.8 Å². The van der Waals surface area contributed by atoms with Gasteiger partial charge in [0.15, 0.2) is 0 Å². The summed E-state index contributed by atoms with van der Waals surface area (Å²) in [6.45, 7) is 11.6. The molecule has 1 N–H and O–H groups in total. The van der Waals surface area contributed by atoms with Crippen LogP contribution in [0.5, 0.6) is 0 Å². The van der Waals surface area contributed by atoms with Gasteiger partial charge in [0.1, 0.15) is 5.76 Å². The Bertz CT molecular complexity index is 336. The summed E-state index contributed by atoms with van der Waals surface area (Å²) < 4.78 is 5.39. The number of hydrogen-bond acceptors (Lipinski definition) is 3. The zero-order chi connectivity index (χ0) is 13.0. The Morgan fingerprint density at radius 2 is 2.28 bits per heavy atom. The molecule has 0 amide bonds. The third-order valence-electron chi connectivity index (χ3n) is 4.27. The van der Waals surface area contributed by atoms with Gasteiger partial charge >= 0.3 is 0 Å². The van der Waals surface area contributed by atoms with E-state index in [9.17, 15) is 0 Å². The molecule has 1 saturated heterocycles. The fourth-order valence-electron chi connectivity index (χ4n) is 2.63. The number of rotatable bonds is 5. The van der Waals surface area contributed by atoms with Gasteiger partial charge in [-0.25, -0.2) is 0 Å². The van der Waals surface area contributed by atoms with Crippen molar-refractivity contribution in [3.8, 4) is 0 Å². The Kier molecular flexibility index (Phi) is 4.84. The molecule has 0 aromatic carbocycles. The minimum Gasteiger partial charge on any atom is -0.468 e. The molecule has 1 aromatic heterocycles. The molecule has 3 heteroatoms. The molecule has 3 atom stereocenters. The molecule has 1 aliphatic rings. The van der Waals surface area contributed by atoms with Crippen molar-refractivity contribution in [2.24, 2.45) is 11.8 Å². The van der Waals surface area contributed by atoms with E-state index < -0.39 is 0 Å². The van der Waals surface area contributed by atoms with Crippen LogP contribution in [0.1, 0.15) is 39.0 Å². The van der Waals surface area contributed by atoms with E-state index in [0.717, 1.165) is 30.7 Å². The summed E-state index contributed by atoms with van der Waals surface area (Å²) in [6.07, 6.45) is 3.08. The number of nitrogens with one attached hydrogen (secondary N) is 1. The topological polar surface area (TPSA) is 28.4 Å². The van der Waals surface area contributed by atoms with E-state index in [4.69, 9.17) is 4.42 Å². The summed E-state index contributed by atoms with van der Waals surface area (Å²) in [7, 11) is 0. The van der Waals surface area contributed by atoms with Crippen LogP contribution in [0.3, 0.4) is 0 Å². The summed E-state index contributed by atoms with van der Waals surface area (Å²) in [5.74, 6) is 2.74. The largest absolute Gasteiger partial charge is 0.468 e. The van der Waals surface area contributed by atoms with E-state index in [0.29, 0.717) is 6.04 Å². The van der Waals surface area contributed by atoms with Crippen molar-refractivity contribution in [3.63, 3.8) is 0 Å². The summed E-state index contributed by atoms with van der Waals surface area (Å²) >= 11 is 0. The van der Waals surface area contributed by atoms with E-state index in [2.05, 4.69) is 31.0 Å². The maximum atomic E-state index is 5.39. The predicted molar refractivity (Wildman–Crippen MR) is 74.5 cm³/mol. The van der Waals surface area contributed by atoms with Crippen molar-refractivity contribution in [1.29, 1.82) is 0 Å². The van der Waals surface area contributed by atoms with Gasteiger partial charge in [0.2, 0.25) is 0 Å². The fraction of sp³-hybridized carbons (Fsp3) is 0.733. The maximum absolute atomic E-state index is 5.39. The highest BCUT2D eigenvalue weighted by Crippen LogP contribution is 2.22. The highest BCUT2D eigenvalue weighted by molar-refractivity contribution is 5.02. The van der Waals surface area contributed by atoms with E-state index in [1.54, 1.807) is 6.26 Å². The predicted octanol–water partition coefficient (Wildman–Crippen LogP) is 2.91. The smallest absolute Gasteiger partial charge is 0.120 e. The Labute approximate surface area is 111 Å². The van der Waals surface area contributed by atoms with Crippen LogP contribution in [0.4, 0.5) is 0 Å². The van der Waals surface area contributed by atoms with E-state index >= 15 is 0 Å². The lowest BCUT2D eigenvalue weighted by Gasteiger charge is -2.35. The van der Waals surface area contributed by atoms with Gasteiger partial charge in [-0.2, -0.15) is 0 Å². The van der Waals surface area contributed by atoms with E-state index in [1.807, 2.05) is 12.1 Å². The normalized spacial score (nSPS) is 27.3. The third-order valence-corrected chi connectivity index (χ3v) is 4.27. The highest BCUT2D eigenvalue weighted by atomic mass is 16.3. The zero-order valence-corrected chi connectivity index (χ0v) is 11.9. The average Bonchev–Trinajstić information content (AvgIpc) is 2.87. The molecule has 2 heterocycles. The molecule has 18 heavy (non-hydrogen) atoms. The minimum atomic E-state index is 0.307. The first-order valence-corrected chi connectivity index (χ1v) is 7.16. The minimum absolute atomic E-state index is 0.307. The number of furan rings is 1. The molecule has 0 spiro atoms. The molecule has 1 aromatic rings. The van der Waals surface area contributed by atoms with E-state index in [-0.39, 0.29) is 0 Å². The Balaban J connectivity index is 1.66. The summed E-state index contributed by atoms with van der Waals surface area (Å²) in [4.78, 5) is 2.58. The Hall–Kier alpha value is -0.800.